The van der Waals surface area contributed by atoms with Crippen LogP contribution in [0.5, 0.6) is 0 Å². The second kappa shape index (κ2) is 4.38. The van der Waals surface area contributed by atoms with Gasteiger partial charge in [-0.05, 0) is 12.1 Å². The minimum Gasteiger partial charge on any atom is -0.481 e. The summed E-state index contributed by atoms with van der Waals surface area (Å²) in [5.41, 5.74) is 0. The molecule has 1 saturated heterocycles. The Morgan fingerprint density at radius 2 is 2.25 bits per heavy atom. The third kappa shape index (κ3) is 2.24. The molecule has 1 aromatic heterocycles. The number of furan rings is 1. The number of carboxylic acid groups (broad SMARTS) is 1. The predicted octanol–water partition coefficient (Wildman–Crippen LogP) is 0.755. The predicted molar refractivity (Wildman–Crippen MR) is 54.7 cm³/mol. The fraction of sp³-hybridized carbons (Fsp3) is 0.455. The first-order chi connectivity index (χ1) is 7.66. The van der Waals surface area contributed by atoms with Crippen molar-refractivity contribution in [1.29, 1.82) is 0 Å². The van der Waals surface area contributed by atoms with E-state index in [1.165, 1.54) is 0 Å². The van der Waals surface area contributed by atoms with Gasteiger partial charge in [-0.25, -0.2) is 0 Å². The molecule has 0 saturated carbocycles. The number of aliphatic carboxylic acids is 1. The maximum Gasteiger partial charge on any atom is 0.310 e. The van der Waals surface area contributed by atoms with Crippen LogP contribution in [0.25, 0.3) is 0 Å². The zero-order valence-electron chi connectivity index (χ0n) is 8.76. The molecule has 16 heavy (non-hydrogen) atoms. The summed E-state index contributed by atoms with van der Waals surface area (Å²) in [5.74, 6) is -0.430. The van der Waals surface area contributed by atoms with Gasteiger partial charge < -0.3 is 14.4 Å². The average Bonchev–Trinajstić information content (AvgIpc) is 2.63. The maximum absolute atomic E-state index is 11.6. The molecule has 86 valence electrons. The summed E-state index contributed by atoms with van der Waals surface area (Å²) in [6, 6.07) is 3.60. The van der Waals surface area contributed by atoms with Gasteiger partial charge in [0.05, 0.1) is 12.2 Å². The molecule has 1 aliphatic rings. The van der Waals surface area contributed by atoms with Crippen molar-refractivity contribution < 1.29 is 19.1 Å². The summed E-state index contributed by atoms with van der Waals surface area (Å²) in [5, 5.41) is 8.66. The Bertz CT molecular complexity index is 379. The van der Waals surface area contributed by atoms with Crippen LogP contribution in [0.3, 0.4) is 0 Å². The number of hydrogen-bond donors (Lipinski definition) is 1. The van der Waals surface area contributed by atoms with Crippen LogP contribution in [0.4, 0.5) is 0 Å². The van der Waals surface area contributed by atoms with Crippen molar-refractivity contribution in [2.75, 3.05) is 13.1 Å². The smallest absolute Gasteiger partial charge is 0.310 e. The molecule has 0 atom stereocenters. The van der Waals surface area contributed by atoms with Crippen molar-refractivity contribution >= 4 is 11.9 Å². The summed E-state index contributed by atoms with van der Waals surface area (Å²) >= 11 is 0. The lowest BCUT2D eigenvalue weighted by molar-refractivity contribution is -0.152. The van der Waals surface area contributed by atoms with E-state index in [9.17, 15) is 9.59 Å². The molecule has 0 radical (unpaired) electrons. The van der Waals surface area contributed by atoms with E-state index >= 15 is 0 Å². The highest BCUT2D eigenvalue weighted by Gasteiger charge is 2.35. The molecule has 1 aromatic rings. The summed E-state index contributed by atoms with van der Waals surface area (Å²) in [6.45, 7) is 0.679. The Balaban J connectivity index is 1.72. The van der Waals surface area contributed by atoms with E-state index in [2.05, 4.69) is 0 Å². The molecule has 0 aromatic carbocycles. The van der Waals surface area contributed by atoms with E-state index in [4.69, 9.17) is 9.52 Å². The van der Waals surface area contributed by atoms with Gasteiger partial charge in [0.2, 0.25) is 5.91 Å². The number of amides is 1. The van der Waals surface area contributed by atoms with Crippen LogP contribution in [0, 0.1) is 5.92 Å². The normalized spacial score (nSPS) is 15.9. The molecular formula is C11H13NO4. The second-order valence-corrected chi connectivity index (χ2v) is 3.91. The Hall–Kier alpha value is -1.78. The molecule has 0 spiro atoms. The third-order valence-electron chi connectivity index (χ3n) is 2.75. The molecule has 1 amide bonds. The molecule has 0 aliphatic carbocycles. The van der Waals surface area contributed by atoms with Crippen LogP contribution >= 0.6 is 0 Å². The largest absolute Gasteiger partial charge is 0.481 e. The minimum atomic E-state index is -0.824. The highest BCUT2D eigenvalue weighted by atomic mass is 16.4. The fourth-order valence-corrected chi connectivity index (χ4v) is 1.68. The number of aryl methyl sites for hydroxylation is 1. The molecule has 2 rings (SSSR count). The lowest BCUT2D eigenvalue weighted by atomic mass is 10.00. The van der Waals surface area contributed by atoms with E-state index in [-0.39, 0.29) is 11.8 Å². The molecule has 1 fully saturated rings. The van der Waals surface area contributed by atoms with Crippen LogP contribution in [0.1, 0.15) is 12.2 Å². The molecule has 2 heterocycles. The first-order valence-electron chi connectivity index (χ1n) is 5.20. The number of likely N-dealkylation sites (tertiary alicyclic amines) is 1. The number of rotatable bonds is 4. The lowest BCUT2D eigenvalue weighted by Crippen LogP contribution is -2.53. The number of carbonyl (C=O) groups is 2. The van der Waals surface area contributed by atoms with Crippen LogP contribution in [-0.2, 0) is 16.0 Å². The van der Waals surface area contributed by atoms with Crippen LogP contribution in [0.15, 0.2) is 22.8 Å². The molecule has 0 unspecified atom stereocenters. The van der Waals surface area contributed by atoms with E-state index < -0.39 is 5.97 Å². The topological polar surface area (TPSA) is 70.8 Å². The van der Waals surface area contributed by atoms with E-state index in [1.807, 2.05) is 6.07 Å². The van der Waals surface area contributed by atoms with Gasteiger partial charge in [0.25, 0.3) is 0 Å². The monoisotopic (exact) mass is 223 g/mol. The van der Waals surface area contributed by atoms with Gasteiger partial charge in [-0.2, -0.15) is 0 Å². The highest BCUT2D eigenvalue weighted by molar-refractivity contribution is 5.81. The van der Waals surface area contributed by atoms with Crippen molar-refractivity contribution in [3.8, 4) is 0 Å². The van der Waals surface area contributed by atoms with Crippen molar-refractivity contribution in [1.82, 2.24) is 4.90 Å². The zero-order chi connectivity index (χ0) is 11.5. The number of carbonyl (C=O) groups excluding carboxylic acids is 1. The molecule has 1 aliphatic heterocycles. The summed E-state index contributed by atoms with van der Waals surface area (Å²) in [7, 11) is 0. The van der Waals surface area contributed by atoms with E-state index in [0.717, 1.165) is 5.76 Å². The van der Waals surface area contributed by atoms with Crippen LogP contribution < -0.4 is 0 Å². The summed E-state index contributed by atoms with van der Waals surface area (Å²) in [4.78, 5) is 23.7. The van der Waals surface area contributed by atoms with Crippen LogP contribution in [-0.4, -0.2) is 35.0 Å². The quantitative estimate of drug-likeness (QED) is 0.817. The van der Waals surface area contributed by atoms with E-state index in [0.29, 0.717) is 25.9 Å². The molecule has 5 nitrogen and oxygen atoms in total. The average molecular weight is 223 g/mol. The minimum absolute atomic E-state index is 0.00565. The first-order valence-corrected chi connectivity index (χ1v) is 5.20. The lowest BCUT2D eigenvalue weighted by Gasteiger charge is -2.36. The Labute approximate surface area is 92.7 Å². The fourth-order valence-electron chi connectivity index (χ4n) is 1.68. The van der Waals surface area contributed by atoms with Crippen molar-refractivity contribution in [3.05, 3.63) is 24.2 Å². The first kappa shape index (κ1) is 10.7. The molecule has 0 bridgehead atoms. The maximum atomic E-state index is 11.6. The Morgan fingerprint density at radius 1 is 1.50 bits per heavy atom. The van der Waals surface area contributed by atoms with Gasteiger partial charge >= 0.3 is 5.97 Å². The number of hydrogen-bond acceptors (Lipinski definition) is 3. The van der Waals surface area contributed by atoms with Gasteiger partial charge in [-0.3, -0.25) is 9.59 Å². The number of carboxylic acids is 1. The van der Waals surface area contributed by atoms with E-state index in [1.54, 1.807) is 17.2 Å². The zero-order valence-corrected chi connectivity index (χ0v) is 8.76. The van der Waals surface area contributed by atoms with Gasteiger partial charge in [0.15, 0.2) is 0 Å². The Kier molecular flexibility index (Phi) is 2.94. The highest BCUT2D eigenvalue weighted by Crippen LogP contribution is 2.17. The van der Waals surface area contributed by atoms with Gasteiger partial charge in [0, 0.05) is 25.9 Å². The van der Waals surface area contributed by atoms with Crippen molar-refractivity contribution in [2.45, 2.75) is 12.8 Å². The van der Waals surface area contributed by atoms with Gasteiger partial charge in [-0.1, -0.05) is 0 Å². The molecule has 5 heteroatoms. The van der Waals surface area contributed by atoms with Gasteiger partial charge in [-0.15, -0.1) is 0 Å². The Morgan fingerprint density at radius 3 is 2.81 bits per heavy atom. The summed E-state index contributed by atoms with van der Waals surface area (Å²) in [6.07, 6.45) is 2.52. The second-order valence-electron chi connectivity index (χ2n) is 3.91. The standard InChI is InChI=1S/C11H13NO4/c13-10(4-3-9-2-1-5-16-9)12-6-8(7-12)11(14)15/h1-2,5,8H,3-4,6-7H2,(H,14,15). The molecule has 1 N–H and O–H groups in total. The van der Waals surface area contributed by atoms with Crippen molar-refractivity contribution in [3.63, 3.8) is 0 Å². The summed E-state index contributed by atoms with van der Waals surface area (Å²) < 4.78 is 5.11. The molecular weight excluding hydrogens is 210 g/mol. The number of nitrogens with zero attached hydrogens (tertiary/aromatic N) is 1. The van der Waals surface area contributed by atoms with Gasteiger partial charge in [0.1, 0.15) is 5.76 Å². The third-order valence-corrected chi connectivity index (χ3v) is 2.75. The SMILES string of the molecule is O=C(O)C1CN(C(=O)CCc2ccco2)C1. The van der Waals surface area contributed by atoms with Crippen LogP contribution in [0.2, 0.25) is 0 Å². The van der Waals surface area contributed by atoms with Crippen molar-refractivity contribution in [2.24, 2.45) is 5.92 Å².